The summed E-state index contributed by atoms with van der Waals surface area (Å²) in [5.41, 5.74) is -0.382. The summed E-state index contributed by atoms with van der Waals surface area (Å²) in [5, 5.41) is 23.1. The lowest BCUT2D eigenvalue weighted by Crippen LogP contribution is -2.49. The summed E-state index contributed by atoms with van der Waals surface area (Å²) in [6, 6.07) is 0. The second kappa shape index (κ2) is 9.65. The van der Waals surface area contributed by atoms with E-state index in [1.54, 1.807) is 0 Å². The van der Waals surface area contributed by atoms with Crippen LogP contribution in [0.2, 0.25) is 0 Å². The molecule has 2 fully saturated rings. The molecule has 0 radical (unpaired) electrons. The smallest absolute Gasteiger partial charge is 0.243 e. The van der Waals surface area contributed by atoms with Gasteiger partial charge in [0.1, 0.15) is 0 Å². The zero-order valence-corrected chi connectivity index (χ0v) is 17.9. The number of carbonyl (C=O) groups is 1. The molecule has 0 spiro atoms. The van der Waals surface area contributed by atoms with Crippen molar-refractivity contribution in [2.24, 2.45) is 5.92 Å². The van der Waals surface area contributed by atoms with Crippen molar-refractivity contribution in [3.8, 4) is 0 Å². The van der Waals surface area contributed by atoms with Gasteiger partial charge in [0.25, 0.3) is 0 Å². The Morgan fingerprint density at radius 1 is 1.32 bits per heavy atom. The summed E-state index contributed by atoms with van der Waals surface area (Å²) in [5.74, 6) is 2.66. The summed E-state index contributed by atoms with van der Waals surface area (Å²) in [4.78, 5) is 15.9. The first-order valence-corrected chi connectivity index (χ1v) is 10.9. The van der Waals surface area contributed by atoms with Gasteiger partial charge in [-0.3, -0.25) is 4.79 Å². The number of aromatic nitrogens is 6. The molecule has 4 rings (SSSR count). The predicted molar refractivity (Wildman–Crippen MR) is 110 cm³/mol. The van der Waals surface area contributed by atoms with Gasteiger partial charge in [-0.2, -0.15) is 4.98 Å². The summed E-state index contributed by atoms with van der Waals surface area (Å²) in [6.45, 7) is 8.70. The fraction of sp³-hybridized carbons (Fsp3) is 0.700. The molecule has 168 valence electrons. The van der Waals surface area contributed by atoms with E-state index in [1.165, 1.54) is 6.08 Å². The van der Waals surface area contributed by atoms with Gasteiger partial charge in [-0.25, -0.2) is 4.68 Å². The van der Waals surface area contributed by atoms with Crippen LogP contribution in [0.3, 0.4) is 0 Å². The molecule has 1 saturated heterocycles. The zero-order chi connectivity index (χ0) is 21.7. The number of hydrogen-bond acceptors (Lipinski definition) is 9. The Hall–Kier alpha value is -2.66. The first kappa shape index (κ1) is 21.6. The fourth-order valence-electron chi connectivity index (χ4n) is 4.52. The van der Waals surface area contributed by atoms with Crippen molar-refractivity contribution in [2.75, 3.05) is 26.3 Å². The Balaban J connectivity index is 1.49. The van der Waals surface area contributed by atoms with Crippen LogP contribution in [0.15, 0.2) is 17.2 Å². The van der Waals surface area contributed by atoms with E-state index in [4.69, 9.17) is 9.26 Å². The number of aryl methyl sites for hydroxylation is 1. The van der Waals surface area contributed by atoms with E-state index in [0.29, 0.717) is 30.7 Å². The molecule has 1 amide bonds. The number of nitrogens with one attached hydrogen (secondary N) is 2. The Morgan fingerprint density at radius 2 is 2.16 bits per heavy atom. The van der Waals surface area contributed by atoms with Crippen molar-refractivity contribution < 1.29 is 14.1 Å². The van der Waals surface area contributed by atoms with Crippen LogP contribution in [-0.4, -0.2) is 62.6 Å². The predicted octanol–water partition coefficient (Wildman–Crippen LogP) is 0.846. The quantitative estimate of drug-likeness (QED) is 0.438. The van der Waals surface area contributed by atoms with Crippen molar-refractivity contribution in [3.63, 3.8) is 0 Å². The van der Waals surface area contributed by atoms with Gasteiger partial charge in [-0.15, -0.1) is 5.10 Å². The largest absolute Gasteiger partial charge is 0.381 e. The van der Waals surface area contributed by atoms with Gasteiger partial charge in [-0.1, -0.05) is 11.7 Å². The molecular formula is C20H30N8O3. The highest BCUT2D eigenvalue weighted by molar-refractivity contribution is 5.86. The molecule has 0 aromatic carbocycles. The van der Waals surface area contributed by atoms with Crippen molar-refractivity contribution >= 4 is 5.91 Å². The van der Waals surface area contributed by atoms with Gasteiger partial charge in [0.05, 0.1) is 12.1 Å². The maximum absolute atomic E-state index is 11.5. The number of carbonyl (C=O) groups excluding carboxylic acids is 1. The van der Waals surface area contributed by atoms with E-state index in [1.807, 2.05) is 11.6 Å². The number of hydrogen-bond donors (Lipinski definition) is 2. The number of tetrazole rings is 1. The number of amides is 1. The van der Waals surface area contributed by atoms with Crippen LogP contribution in [0, 0.1) is 12.8 Å². The third-order valence-electron chi connectivity index (χ3n) is 6.22. The van der Waals surface area contributed by atoms with E-state index in [2.05, 4.69) is 42.9 Å². The standard InChI is InChI=1S/C20H30N8O3/c1-3-17(29)21-9-10-22-20(7-4-16(5-8-20)18-23-14(2)25-31-18)19-24-26-27-28(19)12-15-6-11-30-13-15/h3,15-16,22H,1,4-13H2,2H3,(H,21,29). The summed E-state index contributed by atoms with van der Waals surface area (Å²) in [6.07, 6.45) is 5.72. The minimum atomic E-state index is -0.382. The van der Waals surface area contributed by atoms with Crippen LogP contribution < -0.4 is 10.6 Å². The third-order valence-corrected chi connectivity index (χ3v) is 6.22. The molecule has 1 atom stereocenters. The first-order valence-electron chi connectivity index (χ1n) is 10.9. The van der Waals surface area contributed by atoms with E-state index >= 15 is 0 Å². The maximum Gasteiger partial charge on any atom is 0.243 e. The van der Waals surface area contributed by atoms with E-state index in [-0.39, 0.29) is 17.4 Å². The van der Waals surface area contributed by atoms with E-state index < -0.39 is 0 Å². The monoisotopic (exact) mass is 430 g/mol. The molecule has 11 nitrogen and oxygen atoms in total. The van der Waals surface area contributed by atoms with Crippen LogP contribution in [0.1, 0.15) is 55.6 Å². The average Bonchev–Trinajstić information content (AvgIpc) is 3.55. The molecule has 2 N–H and O–H groups in total. The first-order chi connectivity index (χ1) is 15.1. The highest BCUT2D eigenvalue weighted by Gasteiger charge is 2.42. The fourth-order valence-corrected chi connectivity index (χ4v) is 4.52. The van der Waals surface area contributed by atoms with E-state index in [0.717, 1.165) is 57.7 Å². The summed E-state index contributed by atoms with van der Waals surface area (Å²) >= 11 is 0. The van der Waals surface area contributed by atoms with Crippen LogP contribution in [0.25, 0.3) is 0 Å². The van der Waals surface area contributed by atoms with Crippen molar-refractivity contribution in [2.45, 2.75) is 57.0 Å². The molecular weight excluding hydrogens is 400 g/mol. The minimum absolute atomic E-state index is 0.183. The second-order valence-electron chi connectivity index (χ2n) is 8.37. The second-order valence-corrected chi connectivity index (χ2v) is 8.37. The number of nitrogens with zero attached hydrogens (tertiary/aromatic N) is 6. The zero-order valence-electron chi connectivity index (χ0n) is 17.9. The lowest BCUT2D eigenvalue weighted by atomic mass is 9.75. The molecule has 3 heterocycles. The van der Waals surface area contributed by atoms with Crippen molar-refractivity contribution in [3.05, 3.63) is 30.2 Å². The Morgan fingerprint density at radius 3 is 2.84 bits per heavy atom. The van der Waals surface area contributed by atoms with Crippen LogP contribution in [0.5, 0.6) is 0 Å². The molecule has 1 aliphatic heterocycles. The molecule has 0 bridgehead atoms. The van der Waals surface area contributed by atoms with Gasteiger partial charge < -0.3 is 19.9 Å². The normalized spacial score (nSPS) is 26.1. The van der Waals surface area contributed by atoms with Crippen LogP contribution in [-0.2, 0) is 21.6 Å². The van der Waals surface area contributed by atoms with Gasteiger partial charge in [0, 0.05) is 38.1 Å². The van der Waals surface area contributed by atoms with Gasteiger partial charge in [0.15, 0.2) is 11.6 Å². The third kappa shape index (κ3) is 4.99. The van der Waals surface area contributed by atoms with Crippen molar-refractivity contribution in [1.82, 2.24) is 41.0 Å². The average molecular weight is 431 g/mol. The molecule has 1 aliphatic carbocycles. The lowest BCUT2D eigenvalue weighted by molar-refractivity contribution is -0.116. The van der Waals surface area contributed by atoms with Crippen LogP contribution >= 0.6 is 0 Å². The van der Waals surface area contributed by atoms with Crippen molar-refractivity contribution in [1.29, 1.82) is 0 Å². The topological polar surface area (TPSA) is 133 Å². The number of ether oxygens (including phenoxy) is 1. The minimum Gasteiger partial charge on any atom is -0.381 e. The van der Waals surface area contributed by atoms with E-state index in [9.17, 15) is 4.79 Å². The summed E-state index contributed by atoms with van der Waals surface area (Å²) in [7, 11) is 0. The van der Waals surface area contributed by atoms with Gasteiger partial charge in [0.2, 0.25) is 11.8 Å². The lowest BCUT2D eigenvalue weighted by Gasteiger charge is -2.39. The molecule has 2 aliphatic rings. The molecule has 31 heavy (non-hydrogen) atoms. The Kier molecular flexibility index (Phi) is 6.71. The molecule has 1 saturated carbocycles. The number of rotatable bonds is 9. The van der Waals surface area contributed by atoms with Gasteiger partial charge in [-0.05, 0) is 55.5 Å². The highest BCUT2D eigenvalue weighted by Crippen LogP contribution is 2.42. The molecule has 11 heteroatoms. The SMILES string of the molecule is C=CC(=O)NCCNC1(c2nnnn2CC2CCOC2)CCC(c2nc(C)no2)CC1. The highest BCUT2D eigenvalue weighted by atomic mass is 16.5. The Bertz CT molecular complexity index is 881. The Labute approximate surface area is 181 Å². The molecule has 1 unspecified atom stereocenters. The molecule has 2 aromatic rings. The molecule has 2 aromatic heterocycles. The summed E-state index contributed by atoms with van der Waals surface area (Å²) < 4.78 is 12.9. The van der Waals surface area contributed by atoms with Crippen LogP contribution in [0.4, 0.5) is 0 Å². The van der Waals surface area contributed by atoms with Gasteiger partial charge >= 0.3 is 0 Å². The maximum atomic E-state index is 11.5.